The molecule has 4 N–H and O–H groups in total. The second-order valence-electron chi connectivity index (χ2n) is 49.5. The summed E-state index contributed by atoms with van der Waals surface area (Å²) in [6.07, 6.45) is 33.2. The molecular weight excluding hydrogens is 1650 g/mol. The van der Waals surface area contributed by atoms with Crippen LogP contribution in [0.3, 0.4) is 0 Å². The van der Waals surface area contributed by atoms with Crippen LogP contribution in [0.25, 0.3) is 0 Å². The Bertz CT molecular complexity index is 4040. The zero-order chi connectivity index (χ0) is 85.8. The molecule has 0 bridgehead atoms. The van der Waals surface area contributed by atoms with Crippen molar-refractivity contribution in [2.24, 2.45) is 114 Å². The lowest BCUT2D eigenvalue weighted by Gasteiger charge is -2.65. The van der Waals surface area contributed by atoms with E-state index in [1.807, 2.05) is 0 Å². The van der Waals surface area contributed by atoms with Crippen LogP contribution in [0, 0.1) is 114 Å². The number of aliphatic hydroxyl groups excluding tert-OH is 1. The smallest absolute Gasteiger partial charge is 0.174 e. The van der Waals surface area contributed by atoms with E-state index in [1.54, 1.807) is 0 Å². The molecule has 0 aromatic heterocycles. The first-order valence-electron chi connectivity index (χ1n) is 51.4. The van der Waals surface area contributed by atoms with Crippen LogP contribution >= 0.6 is 0 Å². The highest BCUT2D eigenvalue weighted by atomic mass is 16.8. The van der Waals surface area contributed by atoms with Crippen molar-refractivity contribution in [3.05, 3.63) is 0 Å². The maximum Gasteiger partial charge on any atom is 0.174 e. The van der Waals surface area contributed by atoms with Gasteiger partial charge in [0.1, 0.15) is 22.4 Å². The van der Waals surface area contributed by atoms with Gasteiger partial charge in [0.15, 0.2) is 46.3 Å². The Kier molecular flexibility index (Phi) is 22.2. The third kappa shape index (κ3) is 12.0. The number of unbranched alkanes of at least 4 members (excludes halogenated alkanes) is 2. The van der Waals surface area contributed by atoms with Crippen molar-refractivity contribution in [2.75, 3.05) is 106 Å². The van der Waals surface area contributed by atoms with E-state index in [0.29, 0.717) is 153 Å². The molecule has 12 aliphatic heterocycles. The predicted molar refractivity (Wildman–Crippen MR) is 476 cm³/mol. The van der Waals surface area contributed by atoms with E-state index in [1.165, 1.54) is 0 Å². The maximum absolute atomic E-state index is 12.7. The molecule has 24 nitrogen and oxygen atoms in total. The molecule has 32 atom stereocenters. The van der Waals surface area contributed by atoms with E-state index in [0.717, 1.165) is 218 Å². The van der Waals surface area contributed by atoms with Gasteiger partial charge in [-0.2, -0.15) is 0 Å². The molecule has 0 unspecified atom stereocenters. The first-order chi connectivity index (χ1) is 59.6. The van der Waals surface area contributed by atoms with Gasteiger partial charge >= 0.3 is 0 Å². The molecule has 734 valence electrons. The van der Waals surface area contributed by atoms with E-state index >= 15 is 0 Å². The lowest BCUT2D eigenvalue weighted by molar-refractivity contribution is -0.294. The average molecular weight is 1820 g/mol. The number of fused-ring (bicyclic) bond motifs is 20. The molecule has 0 amide bonds. The van der Waals surface area contributed by atoms with Crippen LogP contribution in [0.5, 0.6) is 0 Å². The van der Waals surface area contributed by atoms with Gasteiger partial charge in [0.05, 0.1) is 153 Å². The fourth-order valence-electron chi connectivity index (χ4n) is 40.3. The first kappa shape index (κ1) is 94.3. The van der Waals surface area contributed by atoms with Gasteiger partial charge in [-0.1, -0.05) is 125 Å². The van der Waals surface area contributed by atoms with Crippen LogP contribution < -0.4 is 0 Å². The van der Waals surface area contributed by atoms with Crippen molar-refractivity contribution < 1.29 is 115 Å². The zero-order valence-electron chi connectivity index (χ0n) is 77.6. The maximum atomic E-state index is 12.7. The van der Waals surface area contributed by atoms with E-state index in [4.69, 9.17) is 94.7 Å². The van der Waals surface area contributed by atoms with Gasteiger partial charge in [0.25, 0.3) is 0 Å². The quantitative estimate of drug-likeness (QED) is 0.180. The van der Waals surface area contributed by atoms with Gasteiger partial charge in [-0.15, -0.1) is 0 Å². The van der Waals surface area contributed by atoms with Crippen LogP contribution in [-0.4, -0.2) is 242 Å². The SMILES string of the molecule is C.C.C.C.CCCC[C@]1(O)C[C@@]2(C)[C@@H](CCC23OCCO3)[C@@H]2C[C@@H]3O[C@@]34CC3(CC[C@]4(C)[C@H]21)OCCO3.CCCC[C@]1(O)C[C@@]2(C)[C@@H](CCC23OCCO3)[C@@H]2C[C@H]3O[C@]34CC3(CC[C@]4(C)[C@H]21)OCCO3.C[C@]1(O)C[C@@]2(C)[C@@H](CCC23OCCO3)[C@@H]2C[C@@H]3O[C@@]34CC3(CC[C@]4(C)[C@H]21)OCCO3.C[C@]12C[C@H](O)[C@H]3[C@@H](C[C@@H]4O[C@@]45CC4(CC[C@]35C)OCCO4)[C@@H]1CCC21OCCO1. The molecule has 28 aliphatic rings. The molecule has 12 saturated heterocycles. The molecule has 12 spiro atoms. The highest BCUT2D eigenvalue weighted by molar-refractivity contribution is 5.35. The van der Waals surface area contributed by atoms with Gasteiger partial charge in [-0.05, 0) is 194 Å². The van der Waals surface area contributed by atoms with Crippen molar-refractivity contribution in [3.8, 4) is 0 Å². The van der Waals surface area contributed by atoms with Crippen LogP contribution in [0.1, 0.15) is 324 Å². The molecular formula is C105H170O24. The standard InChI is InChI=1S/2C27H42O6.C24H36O6.C23H34O6.4CH4/c2*1-4-5-7-24(28)16-23(3)19(6-8-27(23)31-13-14-32-27)18-15-20-26(33-20)17-25(29-11-12-30-25)10-9-22(26,2)21(18)24;1-19-6-7-22(26-8-9-27-22)14-23(19)17(30-23)12-15-16-4-5-24(28-10-11-29-24)20(16,2)13-21(3,25)18(15)19;1-19-5-6-21(25-7-8-26-21)13-22(19)17(29-22)11-14-15-3-4-23(27-9-10-28-23)20(15,2)12-16(24)18(14)19;;;;/h2*18-21,28H,4-17H2,1-3H3;15-18,25H,4-14H2,1-3H3;14-18,24H,3-13H2,1-2H3;4*1H4/t18-,19-,20+,21-,22+,23-,24-,26+;18-,19-,20-,21-,22+,23-,24-,26-;15-,16-,17-,18-,19+,20-,21-,23-;14-,15-,16-,17-,18+,19+,20-,22-;;;;/m0000..../s1. The van der Waals surface area contributed by atoms with Crippen molar-refractivity contribution in [3.63, 3.8) is 0 Å². The number of rotatable bonds is 6. The summed E-state index contributed by atoms with van der Waals surface area (Å²) in [7, 11) is 0. The molecule has 24 heteroatoms. The van der Waals surface area contributed by atoms with Crippen LogP contribution in [-0.2, 0) is 94.7 Å². The molecule has 0 aromatic rings. The van der Waals surface area contributed by atoms with Crippen molar-refractivity contribution in [1.29, 1.82) is 0 Å². The monoisotopic (exact) mass is 1820 g/mol. The van der Waals surface area contributed by atoms with Crippen molar-refractivity contribution >= 4 is 0 Å². The molecule has 16 saturated carbocycles. The largest absolute Gasteiger partial charge is 0.393 e. The zero-order valence-corrected chi connectivity index (χ0v) is 77.6. The summed E-state index contributed by atoms with van der Waals surface area (Å²) < 4.78 is 126. The molecule has 0 aromatic carbocycles. The van der Waals surface area contributed by atoms with Crippen LogP contribution in [0.2, 0.25) is 0 Å². The van der Waals surface area contributed by atoms with Gasteiger partial charge in [0.2, 0.25) is 0 Å². The lowest BCUT2D eigenvalue weighted by Crippen LogP contribution is -2.69. The Hall–Kier alpha value is -0.960. The molecule has 28 rings (SSSR count). The summed E-state index contributed by atoms with van der Waals surface area (Å²) in [5.74, 6) is 1.00. The Balaban J connectivity index is 0.000000103. The Labute approximate surface area is 771 Å². The predicted octanol–water partition coefficient (Wildman–Crippen LogP) is 16.5. The summed E-state index contributed by atoms with van der Waals surface area (Å²) in [4.78, 5) is 0. The normalized spacial score (nSPS) is 55.3. The van der Waals surface area contributed by atoms with Gasteiger partial charge < -0.3 is 115 Å². The Morgan fingerprint density at radius 1 is 0.271 bits per heavy atom. The number of epoxide rings is 4. The first-order valence-corrected chi connectivity index (χ1v) is 51.4. The van der Waals surface area contributed by atoms with Gasteiger partial charge in [-0.3, -0.25) is 0 Å². The molecule has 0 radical (unpaired) electrons. The summed E-state index contributed by atoms with van der Waals surface area (Å²) >= 11 is 0. The minimum absolute atomic E-state index is 0. The van der Waals surface area contributed by atoms with Crippen molar-refractivity contribution in [1.82, 2.24) is 0 Å². The van der Waals surface area contributed by atoms with Crippen molar-refractivity contribution in [2.45, 2.75) is 440 Å². The number of ether oxygens (including phenoxy) is 20. The summed E-state index contributed by atoms with van der Waals surface area (Å²) in [6.45, 7) is 36.5. The van der Waals surface area contributed by atoms with E-state index in [-0.39, 0.29) is 150 Å². The minimum atomic E-state index is -0.775. The second-order valence-corrected chi connectivity index (χ2v) is 49.5. The van der Waals surface area contributed by atoms with Crippen LogP contribution in [0.15, 0.2) is 0 Å². The number of hydrogen-bond donors (Lipinski definition) is 4. The Morgan fingerprint density at radius 3 is 0.845 bits per heavy atom. The van der Waals surface area contributed by atoms with E-state index in [2.05, 4.69) is 76.2 Å². The lowest BCUT2D eigenvalue weighted by atomic mass is 9.40. The summed E-state index contributed by atoms with van der Waals surface area (Å²) in [5, 5.41) is 49.2. The van der Waals surface area contributed by atoms with Gasteiger partial charge in [0, 0.05) is 120 Å². The van der Waals surface area contributed by atoms with Crippen LogP contribution in [0.4, 0.5) is 0 Å². The third-order valence-corrected chi connectivity index (χ3v) is 44.9. The molecule has 28 fully saturated rings. The number of hydrogen-bond acceptors (Lipinski definition) is 24. The average Bonchev–Trinajstić information content (AvgIpc) is 1.49. The number of aliphatic hydroxyl groups is 4. The van der Waals surface area contributed by atoms with E-state index < -0.39 is 63.1 Å². The molecule has 12 heterocycles. The fraction of sp³-hybridized carbons (Fsp3) is 1.00. The summed E-state index contributed by atoms with van der Waals surface area (Å²) in [6, 6.07) is 0. The molecule has 129 heavy (non-hydrogen) atoms. The highest BCUT2D eigenvalue weighted by Crippen LogP contribution is 2.84. The minimum Gasteiger partial charge on any atom is -0.393 e. The third-order valence-electron chi connectivity index (χ3n) is 44.9. The van der Waals surface area contributed by atoms with E-state index in [9.17, 15) is 20.4 Å². The fourth-order valence-corrected chi connectivity index (χ4v) is 40.3. The topological polar surface area (TPSA) is 279 Å². The molecule has 16 aliphatic carbocycles. The van der Waals surface area contributed by atoms with Gasteiger partial charge in [-0.25, -0.2) is 0 Å². The Morgan fingerprint density at radius 2 is 0.527 bits per heavy atom. The summed E-state index contributed by atoms with van der Waals surface area (Å²) in [5.41, 5.74) is -3.75. The highest BCUT2D eigenvalue weighted by Gasteiger charge is 2.88. The second kappa shape index (κ2) is 30.3.